The van der Waals surface area contributed by atoms with Gasteiger partial charge in [0.05, 0.1) is 0 Å². The van der Waals surface area contributed by atoms with E-state index in [1.165, 1.54) is 26.5 Å². The molecule has 0 bridgehead atoms. The number of hydrogen-bond donors (Lipinski definition) is 0. The Hall–Kier alpha value is -1.21. The normalized spacial score (nSPS) is 16.2. The third-order valence-electron chi connectivity index (χ3n) is 3.66. The topological polar surface area (TPSA) is 0 Å². The van der Waals surface area contributed by atoms with Crippen molar-refractivity contribution in [2.45, 2.75) is 36.0 Å². The van der Waals surface area contributed by atoms with Gasteiger partial charge in [-0.05, 0) is 29.7 Å². The first kappa shape index (κ1) is 10.9. The predicted molar refractivity (Wildman–Crippen MR) is 73.9 cm³/mol. The Bertz CT molecular complexity index is 582. The van der Waals surface area contributed by atoms with Crippen molar-refractivity contribution in [2.75, 3.05) is 0 Å². The number of aryl methyl sites for hydroxylation is 1. The largest absolute Gasteiger partial charge is 0.0892 e. The lowest BCUT2D eigenvalue weighted by atomic mass is 9.77. The summed E-state index contributed by atoms with van der Waals surface area (Å²) < 4.78 is 0. The maximum Gasteiger partial charge on any atom is 0.0192 e. The Labute approximate surface area is 107 Å². The van der Waals surface area contributed by atoms with Crippen molar-refractivity contribution in [3.63, 3.8) is 0 Å². The average molecular weight is 240 g/mol. The minimum atomic E-state index is 0.114. The first-order valence-corrected chi connectivity index (χ1v) is 6.80. The zero-order chi connectivity index (χ0) is 12.0. The quantitative estimate of drug-likeness (QED) is 0.638. The van der Waals surface area contributed by atoms with E-state index in [-0.39, 0.29) is 5.41 Å². The third-order valence-corrected chi connectivity index (χ3v) is 4.98. The monoisotopic (exact) mass is 240 g/mol. The molecule has 0 spiro atoms. The van der Waals surface area contributed by atoms with Crippen molar-refractivity contribution >= 4 is 11.8 Å². The lowest BCUT2D eigenvalue weighted by molar-refractivity contribution is 0.606. The Balaban J connectivity index is 2.31. The van der Waals surface area contributed by atoms with Gasteiger partial charge < -0.3 is 0 Å². The summed E-state index contributed by atoms with van der Waals surface area (Å²) in [5.41, 5.74) is 4.41. The van der Waals surface area contributed by atoms with E-state index >= 15 is 0 Å². The van der Waals surface area contributed by atoms with Crippen LogP contribution in [0.1, 0.15) is 30.5 Å². The predicted octanol–water partition coefficient (Wildman–Crippen LogP) is 4.79. The van der Waals surface area contributed by atoms with Gasteiger partial charge in [-0.25, -0.2) is 0 Å². The van der Waals surface area contributed by atoms with Crippen LogP contribution in [0.5, 0.6) is 0 Å². The molecule has 0 nitrogen and oxygen atoms in total. The Morgan fingerprint density at radius 3 is 2.41 bits per heavy atom. The van der Waals surface area contributed by atoms with Crippen LogP contribution in [0.3, 0.4) is 0 Å². The van der Waals surface area contributed by atoms with E-state index < -0.39 is 0 Å². The van der Waals surface area contributed by atoms with Crippen LogP contribution in [0.2, 0.25) is 0 Å². The van der Waals surface area contributed by atoms with Gasteiger partial charge in [0.1, 0.15) is 0 Å². The molecule has 0 saturated carbocycles. The number of rotatable bonds is 0. The van der Waals surface area contributed by atoms with Gasteiger partial charge in [-0.3, -0.25) is 0 Å². The SMILES string of the molecule is Cc1cccc2c1Sc1ccccc1C2(C)C. The lowest BCUT2D eigenvalue weighted by Gasteiger charge is -2.35. The molecule has 3 rings (SSSR count). The van der Waals surface area contributed by atoms with Gasteiger partial charge in [-0.2, -0.15) is 0 Å². The minimum absolute atomic E-state index is 0.114. The van der Waals surface area contributed by atoms with Crippen molar-refractivity contribution in [2.24, 2.45) is 0 Å². The van der Waals surface area contributed by atoms with Crippen molar-refractivity contribution in [1.29, 1.82) is 0 Å². The zero-order valence-electron chi connectivity index (χ0n) is 10.4. The fourth-order valence-electron chi connectivity index (χ4n) is 2.61. The molecular formula is C16H16S. The maximum absolute atomic E-state index is 2.32. The van der Waals surface area contributed by atoms with Crippen LogP contribution in [0.25, 0.3) is 0 Å². The molecule has 0 aromatic heterocycles. The standard InChI is InChI=1S/C16H16S/c1-11-7-6-9-13-15(11)17-14-10-5-4-8-12(14)16(13,2)3/h4-10H,1-3H3. The van der Waals surface area contributed by atoms with Crippen LogP contribution < -0.4 is 0 Å². The fraction of sp³-hybridized carbons (Fsp3) is 0.250. The molecule has 1 heteroatoms. The molecule has 86 valence electrons. The van der Waals surface area contributed by atoms with Crippen molar-refractivity contribution in [1.82, 2.24) is 0 Å². The van der Waals surface area contributed by atoms with Crippen molar-refractivity contribution in [3.05, 3.63) is 59.2 Å². The molecule has 0 amide bonds. The number of benzene rings is 2. The van der Waals surface area contributed by atoms with E-state index in [1.54, 1.807) is 0 Å². The first-order valence-electron chi connectivity index (χ1n) is 5.98. The highest BCUT2D eigenvalue weighted by Gasteiger charge is 2.32. The molecule has 2 aromatic carbocycles. The minimum Gasteiger partial charge on any atom is -0.0892 e. The molecule has 0 unspecified atom stereocenters. The van der Waals surface area contributed by atoms with Gasteiger partial charge in [-0.1, -0.05) is 62.0 Å². The van der Waals surface area contributed by atoms with Crippen LogP contribution in [0.15, 0.2) is 52.3 Å². The number of hydrogen-bond acceptors (Lipinski definition) is 1. The molecule has 1 aliphatic rings. The third kappa shape index (κ3) is 1.53. The molecule has 0 saturated heterocycles. The fourth-order valence-corrected chi connectivity index (χ4v) is 4.07. The summed E-state index contributed by atoms with van der Waals surface area (Å²) in [6, 6.07) is 15.4. The van der Waals surface area contributed by atoms with E-state index in [0.29, 0.717) is 0 Å². The van der Waals surface area contributed by atoms with Gasteiger partial charge in [0.15, 0.2) is 0 Å². The van der Waals surface area contributed by atoms with E-state index in [0.717, 1.165) is 0 Å². The average Bonchev–Trinajstić information content (AvgIpc) is 2.31. The summed E-state index contributed by atoms with van der Waals surface area (Å²) in [4.78, 5) is 2.84. The van der Waals surface area contributed by atoms with Crippen LogP contribution in [0, 0.1) is 6.92 Å². The number of fused-ring (bicyclic) bond motifs is 2. The summed E-state index contributed by atoms with van der Waals surface area (Å²) in [5.74, 6) is 0. The van der Waals surface area contributed by atoms with Gasteiger partial charge in [0, 0.05) is 15.2 Å². The summed E-state index contributed by atoms with van der Waals surface area (Å²) in [6.07, 6.45) is 0. The van der Waals surface area contributed by atoms with Crippen LogP contribution in [-0.4, -0.2) is 0 Å². The molecule has 0 atom stereocenters. The van der Waals surface area contributed by atoms with Crippen molar-refractivity contribution in [3.8, 4) is 0 Å². The smallest absolute Gasteiger partial charge is 0.0192 e. The summed E-state index contributed by atoms with van der Waals surface area (Å²) in [6.45, 7) is 6.85. The highest BCUT2D eigenvalue weighted by atomic mass is 32.2. The van der Waals surface area contributed by atoms with E-state index in [2.05, 4.69) is 63.2 Å². The zero-order valence-corrected chi connectivity index (χ0v) is 11.3. The Morgan fingerprint density at radius 2 is 1.59 bits per heavy atom. The first-order chi connectivity index (χ1) is 8.10. The highest BCUT2D eigenvalue weighted by Crippen LogP contribution is 2.49. The second-order valence-corrected chi connectivity index (χ2v) is 6.23. The van der Waals surface area contributed by atoms with Gasteiger partial charge >= 0.3 is 0 Å². The molecule has 0 aliphatic carbocycles. The molecule has 17 heavy (non-hydrogen) atoms. The Morgan fingerprint density at radius 1 is 0.882 bits per heavy atom. The molecule has 1 heterocycles. The van der Waals surface area contributed by atoms with E-state index in [9.17, 15) is 0 Å². The van der Waals surface area contributed by atoms with E-state index in [4.69, 9.17) is 0 Å². The van der Waals surface area contributed by atoms with Crippen LogP contribution >= 0.6 is 11.8 Å². The summed E-state index contributed by atoms with van der Waals surface area (Å²) in [5, 5.41) is 0. The second kappa shape index (κ2) is 3.64. The van der Waals surface area contributed by atoms with Gasteiger partial charge in [-0.15, -0.1) is 0 Å². The molecular weight excluding hydrogens is 224 g/mol. The maximum atomic E-state index is 2.32. The second-order valence-electron chi connectivity index (χ2n) is 5.17. The lowest BCUT2D eigenvalue weighted by Crippen LogP contribution is -2.23. The summed E-state index contributed by atoms with van der Waals surface area (Å²) >= 11 is 1.91. The molecule has 1 aliphatic heterocycles. The van der Waals surface area contributed by atoms with Crippen LogP contribution in [-0.2, 0) is 5.41 Å². The molecule has 0 radical (unpaired) electrons. The Kier molecular flexibility index (Phi) is 2.34. The summed E-state index contributed by atoms with van der Waals surface area (Å²) in [7, 11) is 0. The van der Waals surface area contributed by atoms with Crippen molar-refractivity contribution < 1.29 is 0 Å². The molecule has 0 fully saturated rings. The molecule has 0 N–H and O–H groups in total. The van der Waals surface area contributed by atoms with Crippen LogP contribution in [0.4, 0.5) is 0 Å². The van der Waals surface area contributed by atoms with Gasteiger partial charge in [0.2, 0.25) is 0 Å². The van der Waals surface area contributed by atoms with E-state index in [1.807, 2.05) is 11.8 Å². The van der Waals surface area contributed by atoms with Gasteiger partial charge in [0.25, 0.3) is 0 Å². The molecule has 2 aromatic rings. The highest BCUT2D eigenvalue weighted by molar-refractivity contribution is 7.99.